The van der Waals surface area contributed by atoms with E-state index >= 15 is 0 Å². The highest BCUT2D eigenvalue weighted by Gasteiger charge is 2.61. The fourth-order valence-corrected chi connectivity index (χ4v) is 4.54. The number of fused-ring (bicyclic) bond motifs is 3. The van der Waals surface area contributed by atoms with Crippen LogP contribution in [0.5, 0.6) is 0 Å². The van der Waals surface area contributed by atoms with Gasteiger partial charge in [0.15, 0.2) is 0 Å². The molecule has 0 unspecified atom stereocenters. The van der Waals surface area contributed by atoms with E-state index in [1.54, 1.807) is 0 Å². The highest BCUT2D eigenvalue weighted by molar-refractivity contribution is 5.75. The standard InChI is InChI=1S/C15H22O4/c1-7-4-5-10(17)15(3)6-9(16)11-8(2)14(18)19-13(11)12(7)15/h8-13,16-17H,1,4-6H2,2-3H3/t8-,9-,10-,11-,12-,13+,15+/m1/s1. The Morgan fingerprint density at radius 3 is 2.79 bits per heavy atom. The number of hydrogen-bond donors (Lipinski definition) is 2. The van der Waals surface area contributed by atoms with Crippen LogP contribution in [0.3, 0.4) is 0 Å². The van der Waals surface area contributed by atoms with Gasteiger partial charge in [0.2, 0.25) is 0 Å². The van der Waals surface area contributed by atoms with Crippen molar-refractivity contribution in [3.8, 4) is 0 Å². The normalized spacial score (nSPS) is 53.5. The Hall–Kier alpha value is -0.870. The van der Waals surface area contributed by atoms with E-state index in [2.05, 4.69) is 6.58 Å². The van der Waals surface area contributed by atoms with E-state index in [4.69, 9.17) is 4.74 Å². The summed E-state index contributed by atoms with van der Waals surface area (Å²) < 4.78 is 5.53. The zero-order valence-corrected chi connectivity index (χ0v) is 11.5. The molecule has 2 saturated carbocycles. The maximum absolute atomic E-state index is 11.8. The predicted molar refractivity (Wildman–Crippen MR) is 69.1 cm³/mol. The van der Waals surface area contributed by atoms with Crippen LogP contribution in [-0.2, 0) is 9.53 Å². The smallest absolute Gasteiger partial charge is 0.309 e. The molecule has 4 heteroatoms. The number of esters is 1. The second-order valence-corrected chi connectivity index (χ2v) is 6.74. The van der Waals surface area contributed by atoms with Gasteiger partial charge < -0.3 is 14.9 Å². The summed E-state index contributed by atoms with van der Waals surface area (Å²) in [5, 5.41) is 20.8. The highest BCUT2D eigenvalue weighted by atomic mass is 16.6. The van der Waals surface area contributed by atoms with Crippen LogP contribution < -0.4 is 0 Å². The molecule has 3 rings (SSSR count). The molecule has 0 aromatic rings. The summed E-state index contributed by atoms with van der Waals surface area (Å²) in [5.41, 5.74) is 0.622. The summed E-state index contributed by atoms with van der Waals surface area (Å²) in [6.45, 7) is 7.94. The topological polar surface area (TPSA) is 66.8 Å². The van der Waals surface area contributed by atoms with E-state index in [9.17, 15) is 15.0 Å². The molecule has 3 aliphatic rings. The molecule has 2 N–H and O–H groups in total. The van der Waals surface area contributed by atoms with E-state index in [0.29, 0.717) is 12.8 Å². The van der Waals surface area contributed by atoms with Crippen molar-refractivity contribution in [2.24, 2.45) is 23.2 Å². The van der Waals surface area contributed by atoms with Crippen LogP contribution in [0.25, 0.3) is 0 Å². The Balaban J connectivity index is 2.02. The van der Waals surface area contributed by atoms with E-state index in [1.807, 2.05) is 13.8 Å². The highest BCUT2D eigenvalue weighted by Crippen LogP contribution is 2.57. The van der Waals surface area contributed by atoms with E-state index in [0.717, 1.165) is 12.0 Å². The predicted octanol–water partition coefficient (Wildman–Crippen LogP) is 1.26. The molecule has 7 atom stereocenters. The molecule has 0 bridgehead atoms. The summed E-state index contributed by atoms with van der Waals surface area (Å²) >= 11 is 0. The van der Waals surface area contributed by atoms with Crippen molar-refractivity contribution in [3.05, 3.63) is 12.2 Å². The van der Waals surface area contributed by atoms with E-state index in [1.165, 1.54) is 0 Å². The Bertz CT molecular complexity index is 432. The minimum absolute atomic E-state index is 0.0291. The van der Waals surface area contributed by atoms with Crippen molar-refractivity contribution >= 4 is 5.97 Å². The Morgan fingerprint density at radius 2 is 2.11 bits per heavy atom. The van der Waals surface area contributed by atoms with Gasteiger partial charge in [-0.05, 0) is 19.3 Å². The van der Waals surface area contributed by atoms with E-state index < -0.39 is 17.6 Å². The average Bonchev–Trinajstić information content (AvgIpc) is 2.61. The lowest BCUT2D eigenvalue weighted by Crippen LogP contribution is -2.57. The number of carbonyl (C=O) groups is 1. The van der Waals surface area contributed by atoms with Gasteiger partial charge in [0.25, 0.3) is 0 Å². The fourth-order valence-electron chi connectivity index (χ4n) is 4.54. The molecule has 19 heavy (non-hydrogen) atoms. The second-order valence-electron chi connectivity index (χ2n) is 6.74. The third-order valence-electron chi connectivity index (χ3n) is 5.65. The average molecular weight is 266 g/mol. The van der Waals surface area contributed by atoms with Crippen LogP contribution >= 0.6 is 0 Å². The van der Waals surface area contributed by atoms with Crippen LogP contribution in [0.4, 0.5) is 0 Å². The van der Waals surface area contributed by atoms with Crippen LogP contribution in [-0.4, -0.2) is 34.5 Å². The third kappa shape index (κ3) is 1.62. The van der Waals surface area contributed by atoms with Gasteiger partial charge in [-0.2, -0.15) is 0 Å². The fraction of sp³-hybridized carbons (Fsp3) is 0.800. The molecule has 1 aliphatic heterocycles. The molecular formula is C15H22O4. The number of aliphatic hydroxyl groups excluding tert-OH is 2. The van der Waals surface area contributed by atoms with Crippen molar-refractivity contribution in [2.45, 2.75) is 51.4 Å². The third-order valence-corrected chi connectivity index (χ3v) is 5.65. The molecule has 1 saturated heterocycles. The zero-order valence-electron chi connectivity index (χ0n) is 11.5. The van der Waals surface area contributed by atoms with Crippen molar-refractivity contribution in [3.63, 3.8) is 0 Å². The first-order chi connectivity index (χ1) is 8.86. The molecule has 0 spiro atoms. The van der Waals surface area contributed by atoms with Gasteiger partial charge in [0.1, 0.15) is 6.10 Å². The molecule has 3 fully saturated rings. The quantitative estimate of drug-likeness (QED) is 0.512. The molecule has 1 heterocycles. The maximum atomic E-state index is 11.8. The summed E-state index contributed by atoms with van der Waals surface area (Å²) in [6.07, 6.45) is 0.590. The number of ether oxygens (including phenoxy) is 1. The Kier molecular flexibility index (Phi) is 2.81. The van der Waals surface area contributed by atoms with Gasteiger partial charge in [0, 0.05) is 17.3 Å². The minimum Gasteiger partial charge on any atom is -0.461 e. The number of hydrogen-bond acceptors (Lipinski definition) is 4. The van der Waals surface area contributed by atoms with Gasteiger partial charge in [0.05, 0.1) is 18.1 Å². The van der Waals surface area contributed by atoms with Gasteiger partial charge in [-0.1, -0.05) is 26.0 Å². The summed E-state index contributed by atoms with van der Waals surface area (Å²) in [4.78, 5) is 11.8. The first-order valence-corrected chi connectivity index (χ1v) is 7.10. The van der Waals surface area contributed by atoms with Crippen molar-refractivity contribution in [1.29, 1.82) is 0 Å². The second kappa shape index (κ2) is 4.06. The molecular weight excluding hydrogens is 244 g/mol. The molecule has 4 nitrogen and oxygen atoms in total. The van der Waals surface area contributed by atoms with Crippen molar-refractivity contribution in [2.75, 3.05) is 0 Å². The van der Waals surface area contributed by atoms with Crippen LogP contribution in [0.1, 0.15) is 33.1 Å². The van der Waals surface area contributed by atoms with Gasteiger partial charge in [-0.15, -0.1) is 0 Å². The number of carbonyl (C=O) groups excluding carboxylic acids is 1. The molecule has 106 valence electrons. The van der Waals surface area contributed by atoms with Gasteiger partial charge in [-0.25, -0.2) is 0 Å². The zero-order chi connectivity index (χ0) is 13.9. The summed E-state index contributed by atoms with van der Waals surface area (Å²) in [6, 6.07) is 0. The molecule has 0 amide bonds. The number of aliphatic hydroxyl groups is 2. The van der Waals surface area contributed by atoms with Crippen LogP contribution in [0, 0.1) is 23.2 Å². The van der Waals surface area contributed by atoms with Crippen molar-refractivity contribution in [1.82, 2.24) is 0 Å². The lowest BCUT2D eigenvalue weighted by atomic mass is 9.53. The van der Waals surface area contributed by atoms with Crippen molar-refractivity contribution < 1.29 is 19.7 Å². The minimum atomic E-state index is -0.590. The maximum Gasteiger partial charge on any atom is 0.309 e. The lowest BCUT2D eigenvalue weighted by Gasteiger charge is -2.54. The van der Waals surface area contributed by atoms with E-state index in [-0.39, 0.29) is 29.8 Å². The van der Waals surface area contributed by atoms with Crippen LogP contribution in [0.15, 0.2) is 12.2 Å². The SMILES string of the molecule is C=C1CC[C@@H](O)[C@]2(C)C[C@@H](O)[C@@H]3[C@H](OC(=O)[C@@H]3C)[C@@H]12. The first-order valence-electron chi connectivity index (χ1n) is 7.10. The lowest BCUT2D eigenvalue weighted by molar-refractivity contribution is -0.161. The molecule has 0 radical (unpaired) electrons. The molecule has 0 aromatic carbocycles. The van der Waals surface area contributed by atoms with Gasteiger partial charge >= 0.3 is 5.97 Å². The first kappa shape index (κ1) is 13.1. The Labute approximate surface area is 113 Å². The van der Waals surface area contributed by atoms with Gasteiger partial charge in [-0.3, -0.25) is 4.79 Å². The monoisotopic (exact) mass is 266 g/mol. The van der Waals surface area contributed by atoms with Crippen LogP contribution in [0.2, 0.25) is 0 Å². The molecule has 0 aromatic heterocycles. The Morgan fingerprint density at radius 1 is 1.42 bits per heavy atom. The largest absolute Gasteiger partial charge is 0.461 e. The molecule has 2 aliphatic carbocycles. The summed E-state index contributed by atoms with van der Waals surface area (Å²) in [5.74, 6) is -0.686. The number of rotatable bonds is 0. The summed E-state index contributed by atoms with van der Waals surface area (Å²) in [7, 11) is 0.